The number of nitrogens with zero attached hydrogens (tertiary/aromatic N) is 4. The van der Waals surface area contributed by atoms with E-state index in [-0.39, 0.29) is 10.8 Å². The molecule has 0 fully saturated rings. The molecule has 188 valence electrons. The molecule has 0 saturated heterocycles. The third kappa shape index (κ3) is 5.33. The first-order chi connectivity index (χ1) is 17.8. The molecule has 2 heterocycles. The molecular formula is C26H24N6O3S2. The van der Waals surface area contributed by atoms with Crippen molar-refractivity contribution in [1.29, 1.82) is 0 Å². The molecule has 3 N–H and O–H groups in total. The summed E-state index contributed by atoms with van der Waals surface area (Å²) in [5.41, 5.74) is 4.03. The average Bonchev–Trinajstić information content (AvgIpc) is 3.20. The van der Waals surface area contributed by atoms with Crippen LogP contribution >= 0.6 is 11.8 Å². The minimum Gasteiger partial charge on any atom is -0.325 e. The highest BCUT2D eigenvalue weighted by Crippen LogP contribution is 2.30. The highest BCUT2D eigenvalue weighted by Gasteiger charge is 2.22. The van der Waals surface area contributed by atoms with Crippen LogP contribution in [0.15, 0.2) is 88.9 Å². The summed E-state index contributed by atoms with van der Waals surface area (Å²) in [6.07, 6.45) is 0.528. The van der Waals surface area contributed by atoms with Crippen LogP contribution in [0.4, 0.5) is 5.69 Å². The largest absolute Gasteiger partial charge is 0.325 e. The number of nitrogens with two attached hydrogens (primary N) is 1. The third-order valence-corrected chi connectivity index (χ3v) is 8.04. The molecule has 5 aromatic rings. The fourth-order valence-electron chi connectivity index (χ4n) is 4.07. The van der Waals surface area contributed by atoms with E-state index in [1.165, 1.54) is 36.0 Å². The molecule has 0 unspecified atom stereocenters. The van der Waals surface area contributed by atoms with E-state index in [0.29, 0.717) is 35.0 Å². The van der Waals surface area contributed by atoms with Gasteiger partial charge in [0.15, 0.2) is 5.65 Å². The lowest BCUT2D eigenvalue weighted by molar-refractivity contribution is -0.115. The monoisotopic (exact) mass is 532 g/mol. The lowest BCUT2D eigenvalue weighted by atomic mass is 10.2. The van der Waals surface area contributed by atoms with E-state index >= 15 is 0 Å². The summed E-state index contributed by atoms with van der Waals surface area (Å²) < 4.78 is 25.1. The summed E-state index contributed by atoms with van der Waals surface area (Å²) in [7, 11) is -3.80. The minimum absolute atomic E-state index is 0.0226. The first kappa shape index (κ1) is 24.9. The number of amides is 1. The van der Waals surface area contributed by atoms with Crippen molar-refractivity contribution in [3.63, 3.8) is 0 Å². The zero-order valence-electron chi connectivity index (χ0n) is 19.9. The van der Waals surface area contributed by atoms with Gasteiger partial charge in [0.1, 0.15) is 5.52 Å². The number of sulfonamides is 1. The Hall–Kier alpha value is -3.80. The normalized spacial score (nSPS) is 12.6. The molecular weight excluding hydrogens is 508 g/mol. The van der Waals surface area contributed by atoms with E-state index in [9.17, 15) is 13.2 Å². The quantitative estimate of drug-likeness (QED) is 0.286. The van der Waals surface area contributed by atoms with Crippen LogP contribution < -0.4 is 10.5 Å². The molecule has 0 radical (unpaired) electrons. The molecule has 1 amide bonds. The van der Waals surface area contributed by atoms with Crippen LogP contribution in [0.2, 0.25) is 0 Å². The summed E-state index contributed by atoms with van der Waals surface area (Å²) >= 11 is 1.24. The van der Waals surface area contributed by atoms with Gasteiger partial charge in [0, 0.05) is 17.6 Å². The molecule has 2 aromatic heterocycles. The number of anilines is 1. The summed E-state index contributed by atoms with van der Waals surface area (Å²) in [5.74, 6) is -0.246. The fourth-order valence-corrected chi connectivity index (χ4v) is 5.40. The molecule has 5 rings (SSSR count). The van der Waals surface area contributed by atoms with Crippen LogP contribution in [0.5, 0.6) is 0 Å². The number of aromatic nitrogens is 4. The van der Waals surface area contributed by atoms with Gasteiger partial charge in [-0.3, -0.25) is 4.79 Å². The smallest absolute Gasteiger partial charge is 0.238 e. The summed E-state index contributed by atoms with van der Waals surface area (Å²) in [6.45, 7) is 2.53. The van der Waals surface area contributed by atoms with Crippen molar-refractivity contribution in [2.24, 2.45) is 5.14 Å². The topological polar surface area (TPSA) is 133 Å². The predicted molar refractivity (Wildman–Crippen MR) is 145 cm³/mol. The van der Waals surface area contributed by atoms with Crippen LogP contribution in [0, 0.1) is 0 Å². The highest BCUT2D eigenvalue weighted by atomic mass is 32.2. The van der Waals surface area contributed by atoms with Gasteiger partial charge in [-0.2, -0.15) is 0 Å². The molecule has 0 spiro atoms. The average molecular weight is 533 g/mol. The maximum Gasteiger partial charge on any atom is 0.238 e. The van der Waals surface area contributed by atoms with Crippen LogP contribution in [-0.2, 0) is 21.4 Å². The van der Waals surface area contributed by atoms with Crippen LogP contribution in [0.25, 0.3) is 22.1 Å². The molecule has 0 bridgehead atoms. The number of carbonyl (C=O) groups is 1. The van der Waals surface area contributed by atoms with E-state index in [1.807, 2.05) is 49.4 Å². The number of para-hydroxylation sites is 1. The summed E-state index contributed by atoms with van der Waals surface area (Å²) in [6, 6.07) is 23.8. The number of rotatable bonds is 8. The Morgan fingerprint density at radius 2 is 1.70 bits per heavy atom. The van der Waals surface area contributed by atoms with Crippen molar-refractivity contribution in [2.45, 2.75) is 35.2 Å². The van der Waals surface area contributed by atoms with Crippen LogP contribution in [0.1, 0.15) is 18.9 Å². The zero-order chi connectivity index (χ0) is 26.0. The highest BCUT2D eigenvalue weighted by molar-refractivity contribution is 8.00. The Morgan fingerprint density at radius 3 is 2.41 bits per heavy atom. The number of nitrogens with one attached hydrogen (secondary N) is 1. The lowest BCUT2D eigenvalue weighted by Crippen LogP contribution is -2.25. The number of primary sulfonamides is 1. The van der Waals surface area contributed by atoms with Gasteiger partial charge in [-0.15, -0.1) is 10.2 Å². The van der Waals surface area contributed by atoms with E-state index in [0.717, 1.165) is 16.5 Å². The Kier molecular flexibility index (Phi) is 6.92. The second-order valence-corrected chi connectivity index (χ2v) is 11.2. The first-order valence-electron chi connectivity index (χ1n) is 11.6. The molecule has 0 saturated carbocycles. The Labute approximate surface area is 218 Å². The van der Waals surface area contributed by atoms with Gasteiger partial charge in [0.05, 0.1) is 15.7 Å². The van der Waals surface area contributed by atoms with E-state index in [1.54, 1.807) is 0 Å². The van der Waals surface area contributed by atoms with Crippen molar-refractivity contribution >= 4 is 55.4 Å². The molecule has 3 aromatic carbocycles. The van der Waals surface area contributed by atoms with Gasteiger partial charge in [-0.25, -0.2) is 18.5 Å². The van der Waals surface area contributed by atoms with Crippen molar-refractivity contribution in [2.75, 3.05) is 5.32 Å². The number of benzene rings is 3. The Morgan fingerprint density at radius 1 is 1.00 bits per heavy atom. The van der Waals surface area contributed by atoms with Crippen molar-refractivity contribution in [3.05, 3.63) is 84.4 Å². The molecule has 11 heteroatoms. The number of fused-ring (bicyclic) bond motifs is 3. The van der Waals surface area contributed by atoms with Gasteiger partial charge in [-0.1, -0.05) is 67.2 Å². The van der Waals surface area contributed by atoms with Gasteiger partial charge in [0.25, 0.3) is 0 Å². The maximum atomic E-state index is 13.0. The third-order valence-electron chi connectivity index (χ3n) is 5.90. The van der Waals surface area contributed by atoms with Gasteiger partial charge in [0.2, 0.25) is 21.1 Å². The number of hydrogen-bond acceptors (Lipinski definition) is 7. The maximum absolute atomic E-state index is 13.0. The second kappa shape index (κ2) is 10.3. The van der Waals surface area contributed by atoms with E-state index in [2.05, 4.69) is 32.2 Å². The van der Waals surface area contributed by atoms with E-state index < -0.39 is 15.3 Å². The number of carbonyl (C=O) groups excluding carboxylic acids is 1. The van der Waals surface area contributed by atoms with Crippen LogP contribution in [0.3, 0.4) is 0 Å². The van der Waals surface area contributed by atoms with Gasteiger partial charge < -0.3 is 9.88 Å². The van der Waals surface area contributed by atoms with Crippen LogP contribution in [-0.4, -0.2) is 39.3 Å². The molecule has 0 aliphatic heterocycles. The standard InChI is InChI=1S/C26H24N6O3S2/c1-2-22(25(33)28-18-12-14-19(15-13-18)37(27,34)35)36-26-29-24-23(30-31-26)20-10-6-7-11-21(20)32(24)16-17-8-4-3-5-9-17/h3-15,22H,2,16H2,1H3,(H,28,33)(H2,27,34,35)/t22-/m1/s1. The van der Waals surface area contributed by atoms with Crippen molar-refractivity contribution in [3.8, 4) is 0 Å². The Balaban J connectivity index is 1.42. The van der Waals surface area contributed by atoms with E-state index in [4.69, 9.17) is 10.1 Å². The minimum atomic E-state index is -3.80. The zero-order valence-corrected chi connectivity index (χ0v) is 21.5. The van der Waals surface area contributed by atoms with Crippen molar-refractivity contribution < 1.29 is 13.2 Å². The number of hydrogen-bond donors (Lipinski definition) is 2. The Bertz CT molecular complexity index is 1690. The fraction of sp³-hybridized carbons (Fsp3) is 0.154. The molecule has 9 nitrogen and oxygen atoms in total. The molecule has 0 aliphatic carbocycles. The van der Waals surface area contributed by atoms with Gasteiger partial charge in [-0.05, 0) is 42.3 Å². The predicted octanol–water partition coefficient (Wildman–Crippen LogP) is 4.18. The summed E-state index contributed by atoms with van der Waals surface area (Å²) in [4.78, 5) is 17.8. The molecule has 1 atom stereocenters. The first-order valence-corrected chi connectivity index (χ1v) is 14.0. The molecule has 0 aliphatic rings. The van der Waals surface area contributed by atoms with Crippen molar-refractivity contribution in [1.82, 2.24) is 19.7 Å². The van der Waals surface area contributed by atoms with Gasteiger partial charge >= 0.3 is 0 Å². The SMILES string of the molecule is CC[C@@H](Sc1nnc2c3ccccc3n(Cc3ccccc3)c2n1)C(=O)Nc1ccc(S(N)(=O)=O)cc1. The number of thioether (sulfide) groups is 1. The summed E-state index contributed by atoms with van der Waals surface area (Å²) in [5, 5.41) is 17.6. The molecule has 37 heavy (non-hydrogen) atoms. The second-order valence-electron chi connectivity index (χ2n) is 8.43. The lowest BCUT2D eigenvalue weighted by Gasteiger charge is -2.14.